The minimum atomic E-state index is 0.625. The van der Waals surface area contributed by atoms with Crippen LogP contribution in [0.1, 0.15) is 13.3 Å². The van der Waals surface area contributed by atoms with Crippen LogP contribution < -0.4 is 0 Å². The van der Waals surface area contributed by atoms with E-state index in [0.29, 0.717) is 6.04 Å². The summed E-state index contributed by atoms with van der Waals surface area (Å²) in [6.07, 6.45) is 10.0. The molecule has 0 radical (unpaired) electrons. The zero-order valence-electron chi connectivity index (χ0n) is 7.04. The Morgan fingerprint density at radius 2 is 2.36 bits per heavy atom. The van der Waals surface area contributed by atoms with Gasteiger partial charge in [-0.15, -0.1) is 0 Å². The minimum Gasteiger partial charge on any atom is -0.371 e. The van der Waals surface area contributed by atoms with Crippen LogP contribution in [0.3, 0.4) is 0 Å². The first-order valence-electron chi connectivity index (χ1n) is 4.07. The average molecular weight is 147 g/mol. The summed E-state index contributed by atoms with van der Waals surface area (Å²) in [5.74, 6) is 0. The van der Waals surface area contributed by atoms with Crippen molar-refractivity contribution in [3.63, 3.8) is 0 Å². The largest absolute Gasteiger partial charge is 0.371 e. The van der Waals surface area contributed by atoms with Crippen molar-refractivity contribution in [3.8, 4) is 0 Å². The summed E-state index contributed by atoms with van der Waals surface area (Å²) < 4.78 is 0. The standard InChI is InChI=1S/C10H13N/c1-8-7-9-5-3-4-6-10(9)11(8)2/h3-5,7,10H,6H2,1-2H3. The van der Waals surface area contributed by atoms with E-state index >= 15 is 0 Å². The maximum absolute atomic E-state index is 2.34. The quantitative estimate of drug-likeness (QED) is 0.507. The second-order valence-electron chi connectivity index (χ2n) is 3.24. The Bertz CT molecular complexity index is 258. The second kappa shape index (κ2) is 2.26. The van der Waals surface area contributed by atoms with Gasteiger partial charge in [0.1, 0.15) is 0 Å². The van der Waals surface area contributed by atoms with Crippen LogP contribution in [0.25, 0.3) is 0 Å². The molecule has 0 spiro atoms. The highest BCUT2D eigenvalue weighted by molar-refractivity contribution is 5.39. The van der Waals surface area contributed by atoms with Gasteiger partial charge in [0, 0.05) is 12.7 Å². The van der Waals surface area contributed by atoms with Gasteiger partial charge in [-0.2, -0.15) is 0 Å². The lowest BCUT2D eigenvalue weighted by atomic mass is 10.0. The molecule has 1 heterocycles. The third-order valence-electron chi connectivity index (χ3n) is 2.57. The average Bonchev–Trinajstić information content (AvgIpc) is 2.30. The number of rotatable bonds is 0. The topological polar surface area (TPSA) is 3.24 Å². The summed E-state index contributed by atoms with van der Waals surface area (Å²) in [7, 11) is 2.16. The summed E-state index contributed by atoms with van der Waals surface area (Å²) in [5.41, 5.74) is 2.84. The van der Waals surface area contributed by atoms with Crippen LogP contribution in [-0.4, -0.2) is 18.0 Å². The van der Waals surface area contributed by atoms with Crippen LogP contribution in [0, 0.1) is 0 Å². The van der Waals surface area contributed by atoms with E-state index in [0.717, 1.165) is 6.42 Å². The second-order valence-corrected chi connectivity index (χ2v) is 3.24. The monoisotopic (exact) mass is 147 g/mol. The summed E-state index contributed by atoms with van der Waals surface area (Å²) >= 11 is 0. The summed E-state index contributed by atoms with van der Waals surface area (Å²) in [4.78, 5) is 2.34. The molecule has 2 rings (SSSR count). The van der Waals surface area contributed by atoms with Crippen molar-refractivity contribution in [3.05, 3.63) is 35.6 Å². The number of fused-ring (bicyclic) bond motifs is 1. The van der Waals surface area contributed by atoms with Gasteiger partial charge in [-0.1, -0.05) is 18.2 Å². The molecule has 1 atom stereocenters. The smallest absolute Gasteiger partial charge is 0.0571 e. The Kier molecular flexibility index (Phi) is 1.38. The van der Waals surface area contributed by atoms with Crippen LogP contribution in [-0.2, 0) is 0 Å². The van der Waals surface area contributed by atoms with Gasteiger partial charge in [0.15, 0.2) is 0 Å². The van der Waals surface area contributed by atoms with Crippen molar-refractivity contribution in [2.75, 3.05) is 7.05 Å². The molecular weight excluding hydrogens is 134 g/mol. The van der Waals surface area contributed by atoms with E-state index in [2.05, 4.69) is 43.2 Å². The van der Waals surface area contributed by atoms with Gasteiger partial charge >= 0.3 is 0 Å². The molecule has 0 saturated heterocycles. The van der Waals surface area contributed by atoms with Gasteiger partial charge in [-0.3, -0.25) is 0 Å². The molecule has 0 aromatic heterocycles. The number of allylic oxidation sites excluding steroid dienone is 3. The van der Waals surface area contributed by atoms with E-state index < -0.39 is 0 Å². The van der Waals surface area contributed by atoms with Gasteiger partial charge in [-0.25, -0.2) is 0 Å². The van der Waals surface area contributed by atoms with E-state index in [-0.39, 0.29) is 0 Å². The highest BCUT2D eigenvalue weighted by atomic mass is 15.2. The number of nitrogens with zero attached hydrogens (tertiary/aromatic N) is 1. The first-order valence-corrected chi connectivity index (χ1v) is 4.07. The normalized spacial score (nSPS) is 28.2. The molecule has 0 bridgehead atoms. The van der Waals surface area contributed by atoms with Crippen molar-refractivity contribution < 1.29 is 0 Å². The van der Waals surface area contributed by atoms with Crippen LogP contribution >= 0.6 is 0 Å². The van der Waals surface area contributed by atoms with E-state index in [1.54, 1.807) is 0 Å². The lowest BCUT2D eigenvalue weighted by molar-refractivity contribution is 0.366. The molecule has 0 saturated carbocycles. The fourth-order valence-corrected chi connectivity index (χ4v) is 1.75. The summed E-state index contributed by atoms with van der Waals surface area (Å²) in [6, 6.07) is 0.625. The van der Waals surface area contributed by atoms with E-state index in [9.17, 15) is 0 Å². The molecule has 0 aromatic carbocycles. The van der Waals surface area contributed by atoms with Gasteiger partial charge in [0.25, 0.3) is 0 Å². The number of hydrogen-bond acceptors (Lipinski definition) is 1. The Morgan fingerprint density at radius 3 is 3.09 bits per heavy atom. The zero-order chi connectivity index (χ0) is 7.84. The number of hydrogen-bond donors (Lipinski definition) is 0. The van der Waals surface area contributed by atoms with E-state index in [1.165, 1.54) is 11.3 Å². The van der Waals surface area contributed by atoms with E-state index in [1.807, 2.05) is 0 Å². The molecule has 0 amide bonds. The van der Waals surface area contributed by atoms with Crippen molar-refractivity contribution in [2.45, 2.75) is 19.4 Å². The molecule has 1 heteroatoms. The van der Waals surface area contributed by atoms with Crippen molar-refractivity contribution >= 4 is 0 Å². The molecule has 0 aromatic rings. The number of likely N-dealkylation sites (N-methyl/N-ethyl adjacent to an activating group) is 1. The maximum atomic E-state index is 2.34. The predicted octanol–water partition coefficient (Wildman–Crippen LogP) is 2.09. The molecule has 1 aliphatic heterocycles. The Morgan fingerprint density at radius 1 is 1.55 bits per heavy atom. The van der Waals surface area contributed by atoms with Crippen LogP contribution in [0.4, 0.5) is 0 Å². The molecule has 0 N–H and O–H groups in total. The van der Waals surface area contributed by atoms with Gasteiger partial charge in [0.2, 0.25) is 0 Å². The molecule has 1 unspecified atom stereocenters. The molecule has 1 nitrogen and oxygen atoms in total. The lowest BCUT2D eigenvalue weighted by Gasteiger charge is -2.24. The van der Waals surface area contributed by atoms with Crippen molar-refractivity contribution in [2.24, 2.45) is 0 Å². The molecule has 1 aliphatic carbocycles. The first-order chi connectivity index (χ1) is 5.29. The zero-order valence-corrected chi connectivity index (χ0v) is 7.04. The molecule has 11 heavy (non-hydrogen) atoms. The Balaban J connectivity index is 2.34. The van der Waals surface area contributed by atoms with Gasteiger partial charge < -0.3 is 4.90 Å². The fourth-order valence-electron chi connectivity index (χ4n) is 1.75. The third kappa shape index (κ3) is 0.917. The first kappa shape index (κ1) is 6.71. The van der Waals surface area contributed by atoms with Crippen molar-refractivity contribution in [1.29, 1.82) is 0 Å². The SMILES string of the molecule is CC1=CC2=CC=CCC2N1C. The van der Waals surface area contributed by atoms with Crippen LogP contribution in [0.2, 0.25) is 0 Å². The molecule has 2 aliphatic rings. The highest BCUT2D eigenvalue weighted by Crippen LogP contribution is 2.29. The minimum absolute atomic E-state index is 0.625. The third-order valence-corrected chi connectivity index (χ3v) is 2.57. The molecule has 58 valence electrons. The van der Waals surface area contributed by atoms with Crippen molar-refractivity contribution in [1.82, 2.24) is 4.90 Å². The summed E-state index contributed by atoms with van der Waals surface area (Å²) in [5, 5.41) is 0. The summed E-state index contributed by atoms with van der Waals surface area (Å²) in [6.45, 7) is 2.17. The maximum Gasteiger partial charge on any atom is 0.0571 e. The molecular formula is C10H13N. The fraction of sp³-hybridized carbons (Fsp3) is 0.400. The molecule has 0 fully saturated rings. The predicted molar refractivity (Wildman–Crippen MR) is 47.1 cm³/mol. The Labute approximate surface area is 67.7 Å². The van der Waals surface area contributed by atoms with Gasteiger partial charge in [0.05, 0.1) is 6.04 Å². The Hall–Kier alpha value is -0.980. The lowest BCUT2D eigenvalue weighted by Crippen LogP contribution is -2.26. The van der Waals surface area contributed by atoms with Crippen LogP contribution in [0.5, 0.6) is 0 Å². The highest BCUT2D eigenvalue weighted by Gasteiger charge is 2.24. The van der Waals surface area contributed by atoms with E-state index in [4.69, 9.17) is 0 Å². The van der Waals surface area contributed by atoms with Crippen LogP contribution in [0.15, 0.2) is 35.6 Å². The van der Waals surface area contributed by atoms with Gasteiger partial charge in [-0.05, 0) is 25.0 Å².